The van der Waals surface area contributed by atoms with E-state index in [2.05, 4.69) is 64.4 Å². The molecule has 20 heavy (non-hydrogen) atoms. The summed E-state index contributed by atoms with van der Waals surface area (Å²) in [6.07, 6.45) is 5.85. The van der Waals surface area contributed by atoms with Crippen LogP contribution in [0.4, 0.5) is 0 Å². The minimum atomic E-state index is -0.876. The quantitative estimate of drug-likeness (QED) is 0.273. The Labute approximate surface area is 144 Å². The molecule has 0 radical (unpaired) electrons. The number of hydrogen-bond donors (Lipinski definition) is 5. The molecule has 0 aromatic carbocycles. The average molecular weight is 358 g/mol. The van der Waals surface area contributed by atoms with Crippen molar-refractivity contribution in [3.63, 3.8) is 0 Å². The Bertz CT molecular complexity index is 284. The minimum Gasteiger partial charge on any atom is -0.393 e. The summed E-state index contributed by atoms with van der Waals surface area (Å²) in [5.74, 6) is 0. The third-order valence-corrected chi connectivity index (χ3v) is 4.97. The van der Waals surface area contributed by atoms with Crippen LogP contribution >= 0.6 is 50.5 Å². The molecule has 0 aromatic rings. The van der Waals surface area contributed by atoms with Gasteiger partial charge in [-0.2, -0.15) is 0 Å². The number of aliphatic hydroxyl groups excluding tert-OH is 1. The molecule has 1 fully saturated rings. The van der Waals surface area contributed by atoms with E-state index in [1.165, 1.54) is 12.8 Å². The molecule has 3 nitrogen and oxygen atoms in total. The molecule has 1 N–H and O–H groups in total. The van der Waals surface area contributed by atoms with Gasteiger partial charge in [0.25, 0.3) is 0 Å². The molecule has 0 saturated carbocycles. The third-order valence-electron chi connectivity index (χ3n) is 3.51. The number of rotatable bonds is 7. The lowest BCUT2D eigenvalue weighted by Gasteiger charge is -2.50. The van der Waals surface area contributed by atoms with Crippen LogP contribution in [-0.2, 0) is 4.84 Å². The van der Waals surface area contributed by atoms with Crippen LogP contribution < -0.4 is 0 Å². The lowest BCUT2D eigenvalue weighted by atomic mass is 10.1. The van der Waals surface area contributed by atoms with E-state index in [9.17, 15) is 5.11 Å². The van der Waals surface area contributed by atoms with Crippen molar-refractivity contribution in [2.45, 2.75) is 79.4 Å². The number of hydroxylamine groups is 2. The van der Waals surface area contributed by atoms with E-state index in [4.69, 9.17) is 4.84 Å². The number of nitrogens with zero attached hydrogens (tertiary/aromatic N) is 1. The molecule has 1 atom stereocenters. The Morgan fingerprint density at radius 1 is 1.15 bits per heavy atom. The van der Waals surface area contributed by atoms with E-state index in [1.807, 2.05) is 0 Å². The molecule has 1 saturated heterocycles. The van der Waals surface area contributed by atoms with Gasteiger partial charge in [-0.25, -0.2) is 0 Å². The predicted molar refractivity (Wildman–Crippen MR) is 97.8 cm³/mol. The summed E-state index contributed by atoms with van der Waals surface area (Å²) in [5, 5.41) is 11.5. The molecule has 1 unspecified atom stereocenters. The highest BCUT2D eigenvalue weighted by Gasteiger charge is 2.50. The first-order chi connectivity index (χ1) is 9.23. The van der Waals surface area contributed by atoms with Crippen LogP contribution in [0.2, 0.25) is 0 Å². The second-order valence-electron chi connectivity index (χ2n) is 5.54. The van der Waals surface area contributed by atoms with Crippen molar-refractivity contribution in [3.05, 3.63) is 0 Å². The lowest BCUT2D eigenvalue weighted by molar-refractivity contribution is -0.246. The number of piperidine rings is 1. The first-order valence-corrected chi connectivity index (χ1v) is 9.06. The Morgan fingerprint density at radius 2 is 1.70 bits per heavy atom. The molecule has 0 aromatic heterocycles. The van der Waals surface area contributed by atoms with Gasteiger partial charge in [0.2, 0.25) is 0 Å². The van der Waals surface area contributed by atoms with E-state index in [1.54, 1.807) is 5.06 Å². The van der Waals surface area contributed by atoms with Gasteiger partial charge in [-0.1, -0.05) is 33.1 Å². The van der Waals surface area contributed by atoms with Gasteiger partial charge in [-0.15, -0.1) is 55.6 Å². The summed E-state index contributed by atoms with van der Waals surface area (Å²) in [7, 11) is 0. The fraction of sp³-hybridized carbons (Fsp3) is 1.00. The highest BCUT2D eigenvalue weighted by Crippen LogP contribution is 2.48. The van der Waals surface area contributed by atoms with Crippen LogP contribution in [0.3, 0.4) is 0 Å². The minimum absolute atomic E-state index is 0.106. The summed E-state index contributed by atoms with van der Waals surface area (Å²) < 4.78 is -1.75. The number of aliphatic hydroxyl groups is 1. The molecule has 0 bridgehead atoms. The van der Waals surface area contributed by atoms with Gasteiger partial charge in [0.15, 0.2) is 0 Å². The van der Waals surface area contributed by atoms with E-state index >= 15 is 0 Å². The SMILES string of the molecule is CCCCCC(CC)ON1C(S)(S)CC(O)CC1(S)S. The molecule has 1 heterocycles. The van der Waals surface area contributed by atoms with E-state index in [-0.39, 0.29) is 6.10 Å². The molecule has 1 rings (SSSR count). The van der Waals surface area contributed by atoms with Gasteiger partial charge < -0.3 is 5.11 Å². The van der Waals surface area contributed by atoms with Crippen molar-refractivity contribution >= 4 is 50.5 Å². The first kappa shape index (κ1) is 19.3. The standard InChI is InChI=1S/C13H27NO2S4/c1-3-5-6-7-11(4-2)16-14-12(17,18)8-10(15)9-13(14,19)20/h10-11,15,17-20H,3-9H2,1-2H3. The van der Waals surface area contributed by atoms with Crippen LogP contribution in [0.1, 0.15) is 58.8 Å². The molecule has 0 aliphatic carbocycles. The predicted octanol–water partition coefficient (Wildman–Crippen LogP) is 3.76. The monoisotopic (exact) mass is 357 g/mol. The normalized spacial score (nSPS) is 24.8. The zero-order valence-corrected chi connectivity index (χ0v) is 15.8. The van der Waals surface area contributed by atoms with Crippen molar-refractivity contribution < 1.29 is 9.94 Å². The number of thiol groups is 4. The van der Waals surface area contributed by atoms with Crippen LogP contribution in [0.5, 0.6) is 0 Å². The van der Waals surface area contributed by atoms with Crippen LogP contribution in [-0.4, -0.2) is 30.8 Å². The molecule has 7 heteroatoms. The number of hydrogen-bond acceptors (Lipinski definition) is 7. The van der Waals surface area contributed by atoms with Gasteiger partial charge in [0, 0.05) is 12.8 Å². The van der Waals surface area contributed by atoms with Crippen molar-refractivity contribution in [2.75, 3.05) is 0 Å². The van der Waals surface area contributed by atoms with E-state index in [0.717, 1.165) is 19.3 Å². The maximum Gasteiger partial charge on any atom is 0.136 e. The smallest absolute Gasteiger partial charge is 0.136 e. The Balaban J connectivity index is 2.70. The van der Waals surface area contributed by atoms with Crippen LogP contribution in [0, 0.1) is 0 Å². The van der Waals surface area contributed by atoms with E-state index < -0.39 is 14.5 Å². The van der Waals surface area contributed by atoms with Crippen molar-refractivity contribution in [3.8, 4) is 0 Å². The maximum atomic E-state index is 9.89. The molecule has 120 valence electrons. The highest BCUT2D eigenvalue weighted by molar-refractivity contribution is 8.02. The Kier molecular flexibility index (Phi) is 7.95. The second kappa shape index (κ2) is 8.22. The highest BCUT2D eigenvalue weighted by atomic mass is 32.2. The fourth-order valence-corrected chi connectivity index (χ4v) is 4.46. The summed E-state index contributed by atoms with van der Waals surface area (Å²) in [5.41, 5.74) is 0. The Hall–Kier alpha value is 1.28. The second-order valence-corrected chi connectivity index (χ2v) is 9.20. The van der Waals surface area contributed by atoms with Gasteiger partial charge in [0.1, 0.15) is 8.41 Å². The molecule has 0 spiro atoms. The van der Waals surface area contributed by atoms with Crippen molar-refractivity contribution in [1.82, 2.24) is 5.06 Å². The molecular formula is C13H27NO2S4. The largest absolute Gasteiger partial charge is 0.393 e. The molecule has 0 amide bonds. The molecule has 1 aliphatic rings. The summed E-state index contributed by atoms with van der Waals surface area (Å²) >= 11 is 18.1. The average Bonchev–Trinajstić information content (AvgIpc) is 2.29. The summed E-state index contributed by atoms with van der Waals surface area (Å²) in [6.45, 7) is 4.29. The van der Waals surface area contributed by atoms with Crippen LogP contribution in [0.15, 0.2) is 0 Å². The fourth-order valence-electron chi connectivity index (χ4n) is 2.43. The first-order valence-electron chi connectivity index (χ1n) is 7.27. The lowest BCUT2D eigenvalue weighted by Crippen LogP contribution is -2.58. The van der Waals surface area contributed by atoms with Gasteiger partial charge >= 0.3 is 0 Å². The zero-order valence-electron chi connectivity index (χ0n) is 12.2. The maximum absolute atomic E-state index is 9.89. The number of unbranched alkanes of at least 4 members (excludes halogenated alkanes) is 2. The Morgan fingerprint density at radius 3 is 2.15 bits per heavy atom. The van der Waals surface area contributed by atoms with Gasteiger partial charge in [-0.05, 0) is 12.8 Å². The zero-order chi connectivity index (χ0) is 15.4. The molecular weight excluding hydrogens is 330 g/mol. The third kappa shape index (κ3) is 5.48. The van der Waals surface area contributed by atoms with Crippen molar-refractivity contribution in [1.29, 1.82) is 0 Å². The van der Waals surface area contributed by atoms with Crippen molar-refractivity contribution in [2.24, 2.45) is 0 Å². The summed E-state index contributed by atoms with van der Waals surface area (Å²) in [4.78, 5) is 6.08. The topological polar surface area (TPSA) is 32.7 Å². The van der Waals surface area contributed by atoms with Gasteiger partial charge in [0.05, 0.1) is 12.2 Å². The van der Waals surface area contributed by atoms with Crippen LogP contribution in [0.25, 0.3) is 0 Å². The molecule has 1 aliphatic heterocycles. The summed E-state index contributed by atoms with van der Waals surface area (Å²) in [6, 6.07) is 0. The van der Waals surface area contributed by atoms with Gasteiger partial charge in [-0.3, -0.25) is 4.84 Å². The van der Waals surface area contributed by atoms with E-state index in [0.29, 0.717) is 12.8 Å².